The summed E-state index contributed by atoms with van der Waals surface area (Å²) in [5.41, 5.74) is 0. The molecule has 1 aliphatic rings. The molecule has 0 saturated carbocycles. The van der Waals surface area contributed by atoms with Crippen LogP contribution in [0.4, 0.5) is 0 Å². The van der Waals surface area contributed by atoms with Crippen LogP contribution < -0.4 is 0 Å². The van der Waals surface area contributed by atoms with E-state index in [1.807, 2.05) is 0 Å². The topological polar surface area (TPSA) is 38.4 Å². The van der Waals surface area contributed by atoms with Gasteiger partial charge in [-0.25, -0.2) is 5.11 Å². The molecule has 0 fully saturated rings. The molecule has 0 N–H and O–H groups in total. The largest absolute Gasteiger partial charge is 0.466 e. The average molecular weight is 113 g/mol. The smallest absolute Gasteiger partial charge is 0.167 e. The van der Waals surface area contributed by atoms with Crippen LogP contribution in [0.2, 0.25) is 0 Å². The highest BCUT2D eigenvalue weighted by molar-refractivity contribution is 4.93. The quantitative estimate of drug-likeness (QED) is 0.503. The summed E-state index contributed by atoms with van der Waals surface area (Å²) in [4.78, 5) is 0. The van der Waals surface area contributed by atoms with E-state index in [2.05, 4.69) is 9.47 Å². The van der Waals surface area contributed by atoms with E-state index in [9.17, 15) is 5.11 Å². The summed E-state index contributed by atoms with van der Waals surface area (Å²) in [5.74, 6) is 0.313. The Labute approximate surface area is 46.8 Å². The molecule has 3 nitrogen and oxygen atoms in total. The Bertz CT molecular complexity index is 126. The van der Waals surface area contributed by atoms with Gasteiger partial charge in [0.15, 0.2) is 5.76 Å². The molecular formula is C5H5O3. The first-order valence-electron chi connectivity index (χ1n) is 2.18. The number of rotatable bonds is 1. The Balaban J connectivity index is 2.43. The van der Waals surface area contributed by atoms with E-state index in [1.54, 1.807) is 0 Å². The van der Waals surface area contributed by atoms with Gasteiger partial charge in [-0.3, -0.25) is 0 Å². The maximum absolute atomic E-state index is 9.98. The van der Waals surface area contributed by atoms with Crippen molar-refractivity contribution in [3.05, 3.63) is 24.5 Å². The molecule has 1 rings (SSSR count). The molecule has 1 aliphatic heterocycles. The molecule has 0 saturated heterocycles. The zero-order chi connectivity index (χ0) is 5.82. The van der Waals surface area contributed by atoms with E-state index in [-0.39, 0.29) is 6.61 Å². The molecule has 0 atom stereocenters. The summed E-state index contributed by atoms with van der Waals surface area (Å²) in [6, 6.07) is 0. The molecule has 0 unspecified atom stereocenters. The molecule has 0 amide bonds. The van der Waals surface area contributed by atoms with E-state index < -0.39 is 0 Å². The van der Waals surface area contributed by atoms with Gasteiger partial charge in [0.25, 0.3) is 0 Å². The fraction of sp³-hybridized carbons (Fsp3) is 0.200. The molecule has 8 heavy (non-hydrogen) atoms. The third kappa shape index (κ3) is 1.01. The lowest BCUT2D eigenvalue weighted by Gasteiger charge is -2.04. The van der Waals surface area contributed by atoms with Crippen molar-refractivity contribution in [2.45, 2.75) is 0 Å². The molecule has 1 heterocycles. The Morgan fingerprint density at radius 2 is 2.38 bits per heavy atom. The maximum atomic E-state index is 9.98. The zero-order valence-electron chi connectivity index (χ0n) is 4.16. The average Bonchev–Trinajstić information content (AvgIpc) is 1.90. The molecule has 0 aromatic heterocycles. The van der Waals surface area contributed by atoms with Gasteiger partial charge >= 0.3 is 0 Å². The first-order valence-corrected chi connectivity index (χ1v) is 2.18. The van der Waals surface area contributed by atoms with Crippen LogP contribution in [-0.2, 0) is 14.6 Å². The molecule has 0 aliphatic carbocycles. The Morgan fingerprint density at radius 3 is 2.75 bits per heavy atom. The van der Waals surface area contributed by atoms with E-state index in [0.717, 1.165) is 0 Å². The monoisotopic (exact) mass is 113 g/mol. The van der Waals surface area contributed by atoms with Crippen molar-refractivity contribution in [1.82, 2.24) is 0 Å². The summed E-state index contributed by atoms with van der Waals surface area (Å²) in [6.07, 6.45) is 3.97. The first kappa shape index (κ1) is 5.18. The molecule has 0 aromatic carbocycles. The van der Waals surface area contributed by atoms with Crippen molar-refractivity contribution in [2.75, 3.05) is 6.61 Å². The van der Waals surface area contributed by atoms with E-state index in [0.29, 0.717) is 5.76 Å². The van der Waals surface area contributed by atoms with Crippen LogP contribution in [0.5, 0.6) is 0 Å². The number of ether oxygens (including phenoxy) is 2. The molecular weight excluding hydrogens is 108 g/mol. The van der Waals surface area contributed by atoms with Gasteiger partial charge in [-0.1, -0.05) is 0 Å². The van der Waals surface area contributed by atoms with Gasteiger partial charge < -0.3 is 9.47 Å². The summed E-state index contributed by atoms with van der Waals surface area (Å²) in [5, 5.41) is 9.98. The lowest BCUT2D eigenvalue weighted by molar-refractivity contribution is 0.147. The third-order valence-electron chi connectivity index (χ3n) is 0.695. The highest BCUT2D eigenvalue weighted by Crippen LogP contribution is 2.02. The lowest BCUT2D eigenvalue weighted by atomic mass is 10.6. The second kappa shape index (κ2) is 2.37. The zero-order valence-corrected chi connectivity index (χ0v) is 4.16. The van der Waals surface area contributed by atoms with Gasteiger partial charge in [-0.05, 0) is 0 Å². The molecule has 1 radical (unpaired) electrons. The Hall–Kier alpha value is -0.960. The van der Waals surface area contributed by atoms with Gasteiger partial charge in [0, 0.05) is 0 Å². The van der Waals surface area contributed by atoms with Crippen LogP contribution >= 0.6 is 0 Å². The van der Waals surface area contributed by atoms with Crippen molar-refractivity contribution in [3.8, 4) is 0 Å². The molecule has 0 spiro atoms. The second-order valence-corrected chi connectivity index (χ2v) is 1.25. The van der Waals surface area contributed by atoms with Crippen molar-refractivity contribution in [3.63, 3.8) is 0 Å². The van der Waals surface area contributed by atoms with Gasteiger partial charge in [-0.15, -0.1) is 0 Å². The SMILES string of the molecule is [O]CC1=COC=CO1. The lowest BCUT2D eigenvalue weighted by Crippen LogP contribution is -1.94. The van der Waals surface area contributed by atoms with Crippen LogP contribution in [0.1, 0.15) is 0 Å². The fourth-order valence-corrected chi connectivity index (χ4v) is 0.358. The number of hydrogen-bond donors (Lipinski definition) is 0. The van der Waals surface area contributed by atoms with Crippen molar-refractivity contribution < 1.29 is 14.6 Å². The van der Waals surface area contributed by atoms with Gasteiger partial charge in [0.2, 0.25) is 0 Å². The molecule has 0 aromatic rings. The van der Waals surface area contributed by atoms with Crippen LogP contribution in [0.15, 0.2) is 24.5 Å². The fourth-order valence-electron chi connectivity index (χ4n) is 0.358. The molecule has 43 valence electrons. The Morgan fingerprint density at radius 1 is 1.50 bits per heavy atom. The van der Waals surface area contributed by atoms with E-state index in [1.165, 1.54) is 18.8 Å². The highest BCUT2D eigenvalue weighted by atomic mass is 16.5. The summed E-state index contributed by atoms with van der Waals surface area (Å²) >= 11 is 0. The van der Waals surface area contributed by atoms with Crippen LogP contribution in [0, 0.1) is 0 Å². The Kier molecular flexibility index (Phi) is 1.54. The highest BCUT2D eigenvalue weighted by Gasteiger charge is 1.97. The van der Waals surface area contributed by atoms with Crippen molar-refractivity contribution in [2.24, 2.45) is 0 Å². The standard InChI is InChI=1S/C5H5O3/c6-3-5-4-7-1-2-8-5/h1-2,4H,3H2. The second-order valence-electron chi connectivity index (χ2n) is 1.25. The predicted octanol–water partition coefficient (Wildman–Crippen LogP) is 0.776. The van der Waals surface area contributed by atoms with Gasteiger partial charge in [0.1, 0.15) is 25.4 Å². The minimum atomic E-state index is -0.371. The van der Waals surface area contributed by atoms with Crippen molar-refractivity contribution in [1.29, 1.82) is 0 Å². The van der Waals surface area contributed by atoms with Gasteiger partial charge in [0.05, 0.1) is 0 Å². The normalized spacial score (nSPS) is 16.4. The van der Waals surface area contributed by atoms with Gasteiger partial charge in [-0.2, -0.15) is 0 Å². The van der Waals surface area contributed by atoms with E-state index >= 15 is 0 Å². The molecule has 0 bridgehead atoms. The molecule has 3 heteroatoms. The van der Waals surface area contributed by atoms with Crippen LogP contribution in [0.3, 0.4) is 0 Å². The number of hydrogen-bond acceptors (Lipinski definition) is 2. The predicted molar refractivity (Wildman–Crippen MR) is 24.9 cm³/mol. The van der Waals surface area contributed by atoms with Crippen LogP contribution in [0.25, 0.3) is 0 Å². The third-order valence-corrected chi connectivity index (χ3v) is 0.695. The summed E-state index contributed by atoms with van der Waals surface area (Å²) in [6.45, 7) is -0.371. The summed E-state index contributed by atoms with van der Waals surface area (Å²) in [7, 11) is 0. The van der Waals surface area contributed by atoms with Crippen molar-refractivity contribution >= 4 is 0 Å². The first-order chi connectivity index (χ1) is 3.93. The maximum Gasteiger partial charge on any atom is 0.167 e. The van der Waals surface area contributed by atoms with E-state index in [4.69, 9.17) is 0 Å². The minimum absolute atomic E-state index is 0.313. The summed E-state index contributed by atoms with van der Waals surface area (Å²) < 4.78 is 9.28. The minimum Gasteiger partial charge on any atom is -0.466 e. The van der Waals surface area contributed by atoms with Crippen LogP contribution in [-0.4, -0.2) is 6.61 Å².